The highest BCUT2D eigenvalue weighted by molar-refractivity contribution is 6.33. The third-order valence-corrected chi connectivity index (χ3v) is 21.0. The van der Waals surface area contributed by atoms with E-state index < -0.39 is 0 Å². The molecule has 23 aromatic carbocycles. The van der Waals surface area contributed by atoms with E-state index in [0.717, 1.165) is 0 Å². The van der Waals surface area contributed by atoms with Gasteiger partial charge in [0.15, 0.2) is 0 Å². The zero-order valence-electron chi connectivity index (χ0n) is 67.2. The Hall–Kier alpha value is -13.3. The largest absolute Gasteiger partial charge is 0.0683 e. The van der Waals surface area contributed by atoms with E-state index in [1.807, 2.05) is 69.2 Å². The summed E-state index contributed by atoms with van der Waals surface area (Å²) in [7, 11) is 0. The average molecular weight is 1460 g/mol. The van der Waals surface area contributed by atoms with Crippen molar-refractivity contribution in [1.82, 2.24) is 0 Å². The molecule has 0 nitrogen and oxygen atoms in total. The summed E-state index contributed by atoms with van der Waals surface area (Å²) in [6.07, 6.45) is 0. The SMILES string of the molecule is CC.CC.CC.CC.CC.Cc1ccc2c3cccc4cccc(c5cccc1c52)c43.c1ccc2c(c1)c1ccccc1c1ccccc21.c1ccc2c(c1)ccc1c3ccccc3ccc21.c1ccc2c(c1)ccc1c3ccccc3ccc21.c1ccc2c(c1)ccc1ccccc12.c1ccc2c(c1)ccc1ccccc12. The highest BCUT2D eigenvalue weighted by Crippen LogP contribution is 2.42. The van der Waals surface area contributed by atoms with Crippen molar-refractivity contribution in [1.29, 1.82) is 0 Å². The smallest absolute Gasteiger partial charge is 0.00237 e. The molecule has 23 rings (SSSR count). The predicted molar refractivity (Wildman–Crippen MR) is 509 cm³/mol. The van der Waals surface area contributed by atoms with Crippen LogP contribution < -0.4 is 0 Å². The second-order valence-corrected chi connectivity index (χ2v) is 26.9. The van der Waals surface area contributed by atoms with E-state index >= 15 is 0 Å². The van der Waals surface area contributed by atoms with Gasteiger partial charge in [-0.25, -0.2) is 0 Å². The van der Waals surface area contributed by atoms with Gasteiger partial charge in [0.25, 0.3) is 0 Å². The zero-order chi connectivity index (χ0) is 78.6. The van der Waals surface area contributed by atoms with Crippen LogP contribution in [-0.4, -0.2) is 0 Å². The molecule has 0 bridgehead atoms. The number of fused-ring (bicyclic) bond motifs is 24. The minimum Gasteiger partial charge on any atom is -0.0683 e. The predicted octanol–water partition coefficient (Wildman–Crippen LogP) is 34.6. The molecule has 0 heteroatoms. The quantitative estimate of drug-likeness (QED) is 0.105. The highest BCUT2D eigenvalue weighted by Gasteiger charge is 2.14. The van der Waals surface area contributed by atoms with Crippen LogP contribution in [0.5, 0.6) is 0 Å². The Morgan fingerprint density at radius 1 is 0.0973 bits per heavy atom. The van der Waals surface area contributed by atoms with E-state index in [1.165, 1.54) is 189 Å². The van der Waals surface area contributed by atoms with Gasteiger partial charge in [-0.2, -0.15) is 0 Å². The first-order chi connectivity index (χ1) is 56.1. The maximum Gasteiger partial charge on any atom is -0.00237 e. The van der Waals surface area contributed by atoms with Crippen LogP contribution in [0.4, 0.5) is 0 Å². The molecule has 0 saturated heterocycles. The molecule has 0 unspecified atom stereocenters. The van der Waals surface area contributed by atoms with Crippen molar-refractivity contribution < 1.29 is 0 Å². The highest BCUT2D eigenvalue weighted by atomic mass is 14.2. The van der Waals surface area contributed by atoms with Gasteiger partial charge in [0, 0.05) is 0 Å². The van der Waals surface area contributed by atoms with E-state index in [2.05, 4.69) is 413 Å². The van der Waals surface area contributed by atoms with Crippen LogP contribution in [-0.2, 0) is 0 Å². The average Bonchev–Trinajstić information content (AvgIpc) is 0.718. The van der Waals surface area contributed by atoms with Gasteiger partial charge < -0.3 is 0 Å². The lowest BCUT2D eigenvalue weighted by Gasteiger charge is -2.15. The Morgan fingerprint density at radius 3 is 0.487 bits per heavy atom. The summed E-state index contributed by atoms with van der Waals surface area (Å²) >= 11 is 0. The van der Waals surface area contributed by atoms with Crippen LogP contribution in [0.25, 0.3) is 183 Å². The molecule has 0 fully saturated rings. The third kappa shape index (κ3) is 15.9. The molecule has 0 saturated carbocycles. The lowest BCUT2D eigenvalue weighted by Crippen LogP contribution is -1.87. The normalized spacial score (nSPS) is 10.6. The molecule has 0 amide bonds. The maximum atomic E-state index is 2.28. The van der Waals surface area contributed by atoms with Crippen LogP contribution in [0.1, 0.15) is 74.8 Å². The van der Waals surface area contributed by atoms with Crippen molar-refractivity contribution >= 4 is 183 Å². The van der Waals surface area contributed by atoms with Gasteiger partial charge in [-0.1, -0.05) is 476 Å². The van der Waals surface area contributed by atoms with Crippen molar-refractivity contribution in [3.05, 3.63) is 412 Å². The van der Waals surface area contributed by atoms with Crippen molar-refractivity contribution in [2.24, 2.45) is 0 Å². The van der Waals surface area contributed by atoms with E-state index in [4.69, 9.17) is 0 Å². The molecule has 0 radical (unpaired) electrons. The summed E-state index contributed by atoms with van der Waals surface area (Å²) in [6.45, 7) is 22.2. The molecule has 0 aromatic heterocycles. The van der Waals surface area contributed by atoms with Crippen molar-refractivity contribution in [3.63, 3.8) is 0 Å². The van der Waals surface area contributed by atoms with Gasteiger partial charge >= 0.3 is 0 Å². The molecule has 0 spiro atoms. The molecular weight excluding hydrogens is 1360 g/mol. The Balaban J connectivity index is 0.000000116. The van der Waals surface area contributed by atoms with Gasteiger partial charge in [0.2, 0.25) is 0 Å². The number of hydrogen-bond acceptors (Lipinski definition) is 0. The molecule has 0 atom stereocenters. The summed E-state index contributed by atoms with van der Waals surface area (Å²) in [6, 6.07) is 145. The standard InChI is InChI=1S/C21H14.3C18H12.2C14H10.5C2H6/c1-13-11-12-19-17-9-3-6-14-5-2-8-16(20(14)17)18-10-4-7-15(13)21(18)19;2*1-3-7-15-13(5-1)9-11-18-16-8-4-2-6-14(16)10-12-17(15)18;1-2-8-14-13(7-1)15-9-3-4-11-17(15)18-12-6-5-10-16(14)18;2*1-3-7-13-11(5-1)9-10-12-6-2-4-8-14(12)13;5*1-2/h2-12H,1H3;3*1-12H;2*1-10H;5*1-2H3. The van der Waals surface area contributed by atoms with Crippen LogP contribution in [0.15, 0.2) is 406 Å². The maximum absolute atomic E-state index is 2.28. The van der Waals surface area contributed by atoms with Crippen LogP contribution >= 0.6 is 0 Å². The van der Waals surface area contributed by atoms with Gasteiger partial charge in [-0.3, -0.25) is 0 Å². The third-order valence-electron chi connectivity index (χ3n) is 21.0. The molecule has 0 N–H and O–H groups in total. The molecule has 552 valence electrons. The molecule has 23 aromatic rings. The van der Waals surface area contributed by atoms with E-state index in [-0.39, 0.29) is 0 Å². The van der Waals surface area contributed by atoms with Gasteiger partial charge in [-0.15, -0.1) is 0 Å². The first kappa shape index (κ1) is 77.9. The summed E-state index contributed by atoms with van der Waals surface area (Å²) in [4.78, 5) is 0. The van der Waals surface area contributed by atoms with Crippen molar-refractivity contribution in [2.45, 2.75) is 76.2 Å². The number of rotatable bonds is 0. The number of hydrogen-bond donors (Lipinski definition) is 0. The summed E-state index contributed by atoms with van der Waals surface area (Å²) < 4.78 is 0. The van der Waals surface area contributed by atoms with Crippen LogP contribution in [0, 0.1) is 6.92 Å². The Kier molecular flexibility index (Phi) is 25.8. The van der Waals surface area contributed by atoms with Gasteiger partial charge in [-0.05, 0) is 196 Å². The fourth-order valence-corrected chi connectivity index (χ4v) is 16.1. The van der Waals surface area contributed by atoms with Gasteiger partial charge in [0.1, 0.15) is 0 Å². The monoisotopic (exact) mass is 1460 g/mol. The number of benzene rings is 23. The van der Waals surface area contributed by atoms with E-state index in [0.29, 0.717) is 0 Å². The minimum atomic E-state index is 1.31. The van der Waals surface area contributed by atoms with Crippen molar-refractivity contribution in [3.8, 4) is 0 Å². The summed E-state index contributed by atoms with van der Waals surface area (Å²) in [5.74, 6) is 0. The molecule has 113 heavy (non-hydrogen) atoms. The van der Waals surface area contributed by atoms with E-state index in [1.54, 1.807) is 0 Å². The zero-order valence-corrected chi connectivity index (χ0v) is 67.2. The van der Waals surface area contributed by atoms with E-state index in [9.17, 15) is 0 Å². The lowest BCUT2D eigenvalue weighted by atomic mass is 9.89. The molecule has 0 aliphatic heterocycles. The molecule has 0 aliphatic carbocycles. The Bertz CT molecular complexity index is 6350. The Labute approximate surface area is 666 Å². The second kappa shape index (κ2) is 37.4. The van der Waals surface area contributed by atoms with Crippen LogP contribution in [0.3, 0.4) is 0 Å². The summed E-state index contributed by atoms with van der Waals surface area (Å²) in [5.41, 5.74) is 1.35. The topological polar surface area (TPSA) is 0 Å². The lowest BCUT2D eigenvalue weighted by molar-refractivity contribution is 1.50. The summed E-state index contributed by atoms with van der Waals surface area (Å²) in [5, 5.41) is 45.5. The van der Waals surface area contributed by atoms with Gasteiger partial charge in [0.05, 0.1) is 0 Å². The van der Waals surface area contributed by atoms with Crippen molar-refractivity contribution in [2.75, 3.05) is 0 Å². The molecular formula is C113H100. The molecule has 0 aliphatic rings. The fraction of sp³-hybridized carbons (Fsp3) is 0.0973. The second-order valence-electron chi connectivity index (χ2n) is 26.9. The first-order valence-electron chi connectivity index (χ1n) is 40.7. The first-order valence-corrected chi connectivity index (χ1v) is 40.7. The fourth-order valence-electron chi connectivity index (χ4n) is 16.1. The molecule has 0 heterocycles. The minimum absolute atomic E-state index is 1.31. The Morgan fingerprint density at radius 2 is 0.239 bits per heavy atom. The van der Waals surface area contributed by atoms with Crippen LogP contribution in [0.2, 0.25) is 0 Å². The number of aryl methyl sites for hydroxylation is 1.